The molecule has 3 aromatic rings. The molecule has 0 aliphatic carbocycles. The second-order valence-corrected chi connectivity index (χ2v) is 8.26. The van der Waals surface area contributed by atoms with Gasteiger partial charge in [-0.05, 0) is 48.4 Å². The lowest BCUT2D eigenvalue weighted by atomic mass is 10.1. The Hall–Kier alpha value is -3.49. The Labute approximate surface area is 174 Å². The minimum Gasteiger partial charge on any atom is -0.480 e. The van der Waals surface area contributed by atoms with Gasteiger partial charge in [-0.15, -0.1) is 0 Å². The summed E-state index contributed by atoms with van der Waals surface area (Å²) in [6.45, 7) is 0. The first-order valence-electron chi connectivity index (χ1n) is 9.11. The molecule has 154 valence electrons. The SMILES string of the molecule is O=C(Nc1ccc(S(=O)(=O)NC(Cc2ccccc2)C(=O)O)cc1)c1ccccc1. The lowest BCUT2D eigenvalue weighted by Gasteiger charge is -2.15. The van der Waals surface area contributed by atoms with Gasteiger partial charge in [-0.3, -0.25) is 9.59 Å². The van der Waals surface area contributed by atoms with Crippen LogP contribution in [-0.4, -0.2) is 31.4 Å². The molecule has 0 aliphatic heterocycles. The van der Waals surface area contributed by atoms with Crippen molar-refractivity contribution in [2.45, 2.75) is 17.4 Å². The Balaban J connectivity index is 1.70. The third kappa shape index (κ3) is 5.53. The number of anilines is 1. The molecule has 0 spiro atoms. The number of carboxylic acid groups (broad SMARTS) is 1. The van der Waals surface area contributed by atoms with Crippen LogP contribution < -0.4 is 10.0 Å². The summed E-state index contributed by atoms with van der Waals surface area (Å²) in [6.07, 6.45) is 0.0145. The molecular weight excluding hydrogens is 404 g/mol. The van der Waals surface area contributed by atoms with Crippen LogP contribution >= 0.6 is 0 Å². The van der Waals surface area contributed by atoms with Gasteiger partial charge in [-0.25, -0.2) is 8.42 Å². The lowest BCUT2D eigenvalue weighted by Crippen LogP contribution is -2.42. The molecule has 3 N–H and O–H groups in total. The molecule has 0 aliphatic rings. The van der Waals surface area contributed by atoms with E-state index in [2.05, 4.69) is 10.0 Å². The van der Waals surface area contributed by atoms with Gasteiger partial charge >= 0.3 is 5.97 Å². The standard InChI is InChI=1S/C22H20N2O5S/c25-21(17-9-5-2-6-10-17)23-18-11-13-19(14-12-18)30(28,29)24-20(22(26)27)15-16-7-3-1-4-8-16/h1-14,20,24H,15H2,(H,23,25)(H,26,27). The summed E-state index contributed by atoms with van der Waals surface area (Å²) in [4.78, 5) is 23.6. The van der Waals surface area contributed by atoms with Gasteiger partial charge in [-0.1, -0.05) is 48.5 Å². The predicted octanol–water partition coefficient (Wildman–Crippen LogP) is 2.91. The predicted molar refractivity (Wildman–Crippen MR) is 113 cm³/mol. The first-order valence-corrected chi connectivity index (χ1v) is 10.6. The number of hydrogen-bond donors (Lipinski definition) is 3. The zero-order chi connectivity index (χ0) is 21.6. The number of carboxylic acids is 1. The molecule has 1 unspecified atom stereocenters. The summed E-state index contributed by atoms with van der Waals surface area (Å²) < 4.78 is 27.5. The number of carbonyl (C=O) groups excluding carboxylic acids is 1. The molecule has 0 fully saturated rings. The number of sulfonamides is 1. The number of carbonyl (C=O) groups is 2. The van der Waals surface area contributed by atoms with E-state index >= 15 is 0 Å². The highest BCUT2D eigenvalue weighted by molar-refractivity contribution is 7.89. The van der Waals surface area contributed by atoms with E-state index in [9.17, 15) is 23.1 Å². The van der Waals surface area contributed by atoms with Gasteiger partial charge in [0.1, 0.15) is 6.04 Å². The van der Waals surface area contributed by atoms with Crippen LogP contribution in [-0.2, 0) is 21.2 Å². The van der Waals surface area contributed by atoms with Crippen LogP contribution in [0.2, 0.25) is 0 Å². The molecule has 0 aromatic heterocycles. The Kier molecular flexibility index (Phi) is 6.61. The molecule has 3 aromatic carbocycles. The van der Waals surface area contributed by atoms with Crippen LogP contribution in [0, 0.1) is 0 Å². The topological polar surface area (TPSA) is 113 Å². The van der Waals surface area contributed by atoms with Gasteiger partial charge < -0.3 is 10.4 Å². The van der Waals surface area contributed by atoms with E-state index in [1.165, 1.54) is 24.3 Å². The van der Waals surface area contributed by atoms with Crippen LogP contribution in [0.1, 0.15) is 15.9 Å². The van der Waals surface area contributed by atoms with Crippen molar-refractivity contribution in [1.82, 2.24) is 4.72 Å². The van der Waals surface area contributed by atoms with Crippen LogP contribution in [0.25, 0.3) is 0 Å². The van der Waals surface area contributed by atoms with Crippen LogP contribution in [0.15, 0.2) is 89.8 Å². The molecule has 0 bridgehead atoms. The third-order valence-corrected chi connectivity index (χ3v) is 5.82. The van der Waals surface area contributed by atoms with E-state index in [1.54, 1.807) is 60.7 Å². The van der Waals surface area contributed by atoms with Crippen molar-refractivity contribution in [2.75, 3.05) is 5.32 Å². The summed E-state index contributed by atoms with van der Waals surface area (Å²) >= 11 is 0. The highest BCUT2D eigenvalue weighted by atomic mass is 32.2. The maximum absolute atomic E-state index is 12.6. The van der Waals surface area contributed by atoms with Gasteiger partial charge in [0.15, 0.2) is 0 Å². The maximum atomic E-state index is 12.6. The molecule has 0 heterocycles. The summed E-state index contributed by atoms with van der Waals surface area (Å²) in [6, 6.07) is 21.6. The second-order valence-electron chi connectivity index (χ2n) is 6.55. The zero-order valence-corrected chi connectivity index (χ0v) is 16.7. The minimum absolute atomic E-state index is 0.0145. The monoisotopic (exact) mass is 424 g/mol. The van der Waals surface area contributed by atoms with Crippen molar-refractivity contribution in [1.29, 1.82) is 0 Å². The van der Waals surface area contributed by atoms with Gasteiger partial charge in [0.25, 0.3) is 5.91 Å². The molecule has 0 saturated heterocycles. The smallest absolute Gasteiger partial charge is 0.322 e. The molecule has 3 rings (SSSR count). The molecule has 8 heteroatoms. The first kappa shape index (κ1) is 21.2. The quantitative estimate of drug-likeness (QED) is 0.515. The summed E-state index contributed by atoms with van der Waals surface area (Å²) in [5, 5.41) is 12.1. The highest BCUT2D eigenvalue weighted by Crippen LogP contribution is 2.16. The largest absolute Gasteiger partial charge is 0.480 e. The van der Waals surface area contributed by atoms with E-state index in [1.807, 2.05) is 0 Å². The number of nitrogens with one attached hydrogen (secondary N) is 2. The normalized spacial score (nSPS) is 12.1. The number of benzene rings is 3. The van der Waals surface area contributed by atoms with Gasteiger partial charge in [-0.2, -0.15) is 4.72 Å². The van der Waals surface area contributed by atoms with Crippen molar-refractivity contribution in [3.63, 3.8) is 0 Å². The average Bonchev–Trinajstić information content (AvgIpc) is 2.75. The van der Waals surface area contributed by atoms with Crippen molar-refractivity contribution in [3.8, 4) is 0 Å². The van der Waals surface area contributed by atoms with Crippen LogP contribution in [0.3, 0.4) is 0 Å². The number of rotatable bonds is 8. The van der Waals surface area contributed by atoms with Crippen LogP contribution in [0.5, 0.6) is 0 Å². The second kappa shape index (κ2) is 9.34. The number of amides is 1. The number of hydrogen-bond acceptors (Lipinski definition) is 4. The van der Waals surface area contributed by atoms with Gasteiger partial charge in [0.2, 0.25) is 10.0 Å². The molecule has 0 radical (unpaired) electrons. The average molecular weight is 424 g/mol. The molecule has 0 saturated carbocycles. The Morgan fingerprint density at radius 2 is 1.40 bits per heavy atom. The van der Waals surface area contributed by atoms with E-state index in [0.717, 1.165) is 0 Å². The van der Waals surface area contributed by atoms with E-state index in [0.29, 0.717) is 16.8 Å². The Morgan fingerprint density at radius 3 is 1.97 bits per heavy atom. The summed E-state index contributed by atoms with van der Waals surface area (Å²) in [5.74, 6) is -1.59. The molecular formula is C22H20N2O5S. The zero-order valence-electron chi connectivity index (χ0n) is 15.9. The molecule has 30 heavy (non-hydrogen) atoms. The van der Waals surface area contributed by atoms with Gasteiger partial charge in [0.05, 0.1) is 4.90 Å². The highest BCUT2D eigenvalue weighted by Gasteiger charge is 2.25. The molecule has 1 amide bonds. The first-order chi connectivity index (χ1) is 14.3. The summed E-state index contributed by atoms with van der Waals surface area (Å²) in [7, 11) is -4.07. The van der Waals surface area contributed by atoms with Gasteiger partial charge in [0, 0.05) is 11.3 Å². The van der Waals surface area contributed by atoms with Crippen LogP contribution in [0.4, 0.5) is 5.69 Å². The fourth-order valence-electron chi connectivity index (χ4n) is 2.79. The fourth-order valence-corrected chi connectivity index (χ4v) is 3.98. The summed E-state index contributed by atoms with van der Waals surface area (Å²) in [5.41, 5.74) is 1.59. The Bertz CT molecular complexity index is 1120. The fraction of sp³-hybridized carbons (Fsp3) is 0.0909. The van der Waals surface area contributed by atoms with Crippen molar-refractivity contribution in [3.05, 3.63) is 96.1 Å². The van der Waals surface area contributed by atoms with E-state index in [4.69, 9.17) is 0 Å². The van der Waals surface area contributed by atoms with Crippen molar-refractivity contribution < 1.29 is 23.1 Å². The van der Waals surface area contributed by atoms with Crippen molar-refractivity contribution >= 4 is 27.6 Å². The Morgan fingerprint density at radius 1 is 0.833 bits per heavy atom. The molecule has 1 atom stereocenters. The van der Waals surface area contributed by atoms with E-state index < -0.39 is 22.0 Å². The van der Waals surface area contributed by atoms with Crippen molar-refractivity contribution in [2.24, 2.45) is 0 Å². The lowest BCUT2D eigenvalue weighted by molar-refractivity contribution is -0.138. The minimum atomic E-state index is -4.07. The molecule has 7 nitrogen and oxygen atoms in total. The number of aliphatic carboxylic acids is 1. The maximum Gasteiger partial charge on any atom is 0.322 e. The van der Waals surface area contributed by atoms with E-state index in [-0.39, 0.29) is 17.2 Å². The third-order valence-electron chi connectivity index (χ3n) is 4.34.